The lowest BCUT2D eigenvalue weighted by molar-refractivity contribution is 0.234. The maximum absolute atomic E-state index is 6.15. The molecule has 0 spiro atoms. The maximum Gasteiger partial charge on any atom is 0.0603 e. The van der Waals surface area contributed by atoms with Crippen LogP contribution in [0.5, 0.6) is 0 Å². The zero-order chi connectivity index (χ0) is 12.6. The molecule has 2 N–H and O–H groups in total. The lowest BCUT2D eigenvalue weighted by atomic mass is 10.1. The molecule has 1 aromatic rings. The summed E-state index contributed by atoms with van der Waals surface area (Å²) in [6.45, 7) is 9.76. The van der Waals surface area contributed by atoms with Gasteiger partial charge in [0.1, 0.15) is 0 Å². The summed E-state index contributed by atoms with van der Waals surface area (Å²) < 4.78 is 0. The quantitative estimate of drug-likeness (QED) is 0.753. The third-order valence-corrected chi connectivity index (χ3v) is 3.94. The molecule has 3 heteroatoms. The van der Waals surface area contributed by atoms with Crippen molar-refractivity contribution in [1.82, 2.24) is 4.90 Å². The van der Waals surface area contributed by atoms with E-state index in [-0.39, 0.29) is 0 Å². The van der Waals surface area contributed by atoms with E-state index in [1.54, 1.807) is 0 Å². The number of likely N-dealkylation sites (N-methyl/N-ethyl adjacent to an activating group) is 1. The Hall–Kier alpha value is -1.22. The van der Waals surface area contributed by atoms with Crippen LogP contribution in [0.15, 0.2) is 12.1 Å². The molecule has 2 rings (SSSR count). The first-order valence-corrected chi connectivity index (χ1v) is 6.31. The van der Waals surface area contributed by atoms with E-state index in [9.17, 15) is 0 Å². The molecule has 94 valence electrons. The van der Waals surface area contributed by atoms with Crippen molar-refractivity contribution in [2.24, 2.45) is 0 Å². The Morgan fingerprint density at radius 3 is 2.47 bits per heavy atom. The fraction of sp³-hybridized carbons (Fsp3) is 0.571. The van der Waals surface area contributed by atoms with Gasteiger partial charge in [0.2, 0.25) is 0 Å². The van der Waals surface area contributed by atoms with Gasteiger partial charge in [-0.1, -0.05) is 0 Å². The highest BCUT2D eigenvalue weighted by atomic mass is 15.3. The SMILES string of the molecule is Cc1cc(N)c(N2CCN(C)C(C)C2)cc1C. The highest BCUT2D eigenvalue weighted by Crippen LogP contribution is 2.28. The van der Waals surface area contributed by atoms with Crippen LogP contribution in [0.4, 0.5) is 11.4 Å². The Morgan fingerprint density at radius 1 is 1.18 bits per heavy atom. The lowest BCUT2D eigenvalue weighted by Crippen LogP contribution is -2.50. The summed E-state index contributed by atoms with van der Waals surface area (Å²) in [5.41, 5.74) is 10.8. The fourth-order valence-corrected chi connectivity index (χ4v) is 2.36. The van der Waals surface area contributed by atoms with Crippen LogP contribution in [-0.2, 0) is 0 Å². The van der Waals surface area contributed by atoms with E-state index in [0.717, 1.165) is 25.3 Å². The predicted molar refractivity (Wildman–Crippen MR) is 74.6 cm³/mol. The Morgan fingerprint density at radius 2 is 1.82 bits per heavy atom. The molecule has 1 heterocycles. The van der Waals surface area contributed by atoms with Crippen molar-refractivity contribution in [2.45, 2.75) is 26.8 Å². The molecule has 1 aliphatic rings. The van der Waals surface area contributed by atoms with E-state index >= 15 is 0 Å². The molecule has 17 heavy (non-hydrogen) atoms. The van der Waals surface area contributed by atoms with Gasteiger partial charge in [-0.25, -0.2) is 0 Å². The second-order valence-electron chi connectivity index (χ2n) is 5.27. The van der Waals surface area contributed by atoms with Crippen LogP contribution in [0, 0.1) is 13.8 Å². The summed E-state index contributed by atoms with van der Waals surface area (Å²) in [6.07, 6.45) is 0. The standard InChI is InChI=1S/C14H23N3/c1-10-7-13(15)14(8-11(10)2)17-6-5-16(4)12(3)9-17/h7-8,12H,5-6,9,15H2,1-4H3. The van der Waals surface area contributed by atoms with Crippen molar-refractivity contribution >= 4 is 11.4 Å². The van der Waals surface area contributed by atoms with Crippen molar-refractivity contribution < 1.29 is 0 Å². The van der Waals surface area contributed by atoms with Crippen LogP contribution in [0.3, 0.4) is 0 Å². The van der Waals surface area contributed by atoms with E-state index in [2.05, 4.69) is 49.8 Å². The molecule has 1 aliphatic heterocycles. The zero-order valence-electron chi connectivity index (χ0n) is 11.3. The Bertz CT molecular complexity index is 414. The second-order valence-corrected chi connectivity index (χ2v) is 5.27. The molecule has 1 fully saturated rings. The molecule has 1 saturated heterocycles. The molecule has 0 saturated carbocycles. The van der Waals surface area contributed by atoms with Gasteiger partial charge in [-0.15, -0.1) is 0 Å². The van der Waals surface area contributed by atoms with Crippen molar-refractivity contribution in [3.8, 4) is 0 Å². The molecule has 0 bridgehead atoms. The van der Waals surface area contributed by atoms with Crippen LogP contribution in [-0.4, -0.2) is 37.6 Å². The third-order valence-electron chi connectivity index (χ3n) is 3.94. The molecule has 0 aromatic heterocycles. The van der Waals surface area contributed by atoms with Gasteiger partial charge < -0.3 is 15.5 Å². The Kier molecular flexibility index (Phi) is 3.29. The van der Waals surface area contributed by atoms with E-state index in [1.165, 1.54) is 16.8 Å². The number of anilines is 2. The molecule has 0 aliphatic carbocycles. The van der Waals surface area contributed by atoms with Gasteiger partial charge in [0.25, 0.3) is 0 Å². The van der Waals surface area contributed by atoms with Gasteiger partial charge in [-0.3, -0.25) is 0 Å². The van der Waals surface area contributed by atoms with E-state index in [1.807, 2.05) is 0 Å². The number of hydrogen-bond donors (Lipinski definition) is 1. The average Bonchev–Trinajstić information content (AvgIpc) is 2.27. The lowest BCUT2D eigenvalue weighted by Gasteiger charge is -2.39. The molecule has 0 amide bonds. The number of piperazine rings is 1. The van der Waals surface area contributed by atoms with E-state index in [0.29, 0.717) is 6.04 Å². The summed E-state index contributed by atoms with van der Waals surface area (Å²) in [4.78, 5) is 4.81. The largest absolute Gasteiger partial charge is 0.397 e. The molecular weight excluding hydrogens is 210 g/mol. The Balaban J connectivity index is 2.26. The summed E-state index contributed by atoms with van der Waals surface area (Å²) in [5.74, 6) is 0. The van der Waals surface area contributed by atoms with Crippen molar-refractivity contribution in [3.63, 3.8) is 0 Å². The number of aryl methyl sites for hydroxylation is 2. The molecule has 1 aromatic carbocycles. The highest BCUT2D eigenvalue weighted by molar-refractivity contribution is 5.70. The Labute approximate surface area is 104 Å². The predicted octanol–water partition coefficient (Wildman–Crippen LogP) is 2.03. The van der Waals surface area contributed by atoms with Gasteiger partial charge in [0.15, 0.2) is 0 Å². The monoisotopic (exact) mass is 233 g/mol. The normalized spacial score (nSPS) is 21.9. The van der Waals surface area contributed by atoms with Crippen molar-refractivity contribution in [1.29, 1.82) is 0 Å². The summed E-state index contributed by atoms with van der Waals surface area (Å²) in [7, 11) is 2.19. The number of nitrogen functional groups attached to an aromatic ring is 1. The maximum atomic E-state index is 6.15. The van der Waals surface area contributed by atoms with Crippen molar-refractivity contribution in [2.75, 3.05) is 37.3 Å². The minimum atomic E-state index is 0.588. The van der Waals surface area contributed by atoms with Crippen LogP contribution in [0.25, 0.3) is 0 Å². The molecule has 0 radical (unpaired) electrons. The first-order valence-electron chi connectivity index (χ1n) is 6.31. The van der Waals surface area contributed by atoms with Gasteiger partial charge in [0, 0.05) is 25.7 Å². The van der Waals surface area contributed by atoms with E-state index < -0.39 is 0 Å². The number of rotatable bonds is 1. The first-order chi connectivity index (χ1) is 7.99. The van der Waals surface area contributed by atoms with E-state index in [4.69, 9.17) is 5.73 Å². The molecule has 1 unspecified atom stereocenters. The molecular formula is C14H23N3. The summed E-state index contributed by atoms with van der Waals surface area (Å²) in [5, 5.41) is 0. The molecule has 1 atom stereocenters. The number of hydrogen-bond acceptors (Lipinski definition) is 3. The first kappa shape index (κ1) is 12.2. The van der Waals surface area contributed by atoms with Gasteiger partial charge in [-0.2, -0.15) is 0 Å². The summed E-state index contributed by atoms with van der Waals surface area (Å²) in [6, 6.07) is 4.90. The highest BCUT2D eigenvalue weighted by Gasteiger charge is 2.22. The fourth-order valence-electron chi connectivity index (χ4n) is 2.36. The zero-order valence-corrected chi connectivity index (χ0v) is 11.3. The minimum Gasteiger partial charge on any atom is -0.397 e. The van der Waals surface area contributed by atoms with Gasteiger partial charge in [0.05, 0.1) is 11.4 Å². The topological polar surface area (TPSA) is 32.5 Å². The number of nitrogens with zero attached hydrogens (tertiary/aromatic N) is 2. The smallest absolute Gasteiger partial charge is 0.0603 e. The number of nitrogens with two attached hydrogens (primary N) is 1. The molecule has 3 nitrogen and oxygen atoms in total. The van der Waals surface area contributed by atoms with Crippen LogP contribution >= 0.6 is 0 Å². The number of benzene rings is 1. The summed E-state index contributed by atoms with van der Waals surface area (Å²) >= 11 is 0. The third kappa shape index (κ3) is 2.39. The van der Waals surface area contributed by atoms with Crippen LogP contribution < -0.4 is 10.6 Å². The van der Waals surface area contributed by atoms with Crippen molar-refractivity contribution in [3.05, 3.63) is 23.3 Å². The minimum absolute atomic E-state index is 0.588. The average molecular weight is 233 g/mol. The van der Waals surface area contributed by atoms with Crippen LogP contribution in [0.2, 0.25) is 0 Å². The van der Waals surface area contributed by atoms with Gasteiger partial charge in [-0.05, 0) is 51.1 Å². The van der Waals surface area contributed by atoms with Gasteiger partial charge >= 0.3 is 0 Å². The van der Waals surface area contributed by atoms with Crippen LogP contribution in [0.1, 0.15) is 18.1 Å². The second kappa shape index (κ2) is 4.57.